The molecule has 0 atom stereocenters. The van der Waals surface area contributed by atoms with E-state index in [-0.39, 0.29) is 5.91 Å². The lowest BCUT2D eigenvalue weighted by Crippen LogP contribution is -2.14. The van der Waals surface area contributed by atoms with Crippen molar-refractivity contribution in [2.24, 2.45) is 5.73 Å². The van der Waals surface area contributed by atoms with Crippen LogP contribution in [0.1, 0.15) is 26.2 Å². The summed E-state index contributed by atoms with van der Waals surface area (Å²) in [4.78, 5) is 18.1. The highest BCUT2D eigenvalue weighted by atomic mass is 16.1. The zero-order valence-electron chi connectivity index (χ0n) is 14.1. The second-order valence-corrected chi connectivity index (χ2v) is 4.79. The molecule has 0 unspecified atom stereocenters. The maximum absolute atomic E-state index is 11.9. The quantitative estimate of drug-likeness (QED) is 0.760. The number of allylic oxidation sites excluding steroid dienone is 2. The molecule has 0 fully saturated rings. The summed E-state index contributed by atoms with van der Waals surface area (Å²) in [5, 5.41) is 2.79. The van der Waals surface area contributed by atoms with Crippen molar-refractivity contribution >= 4 is 17.4 Å². The number of carbonyl (C=O) groups excluding carboxylic acids is 1. The van der Waals surface area contributed by atoms with Gasteiger partial charge >= 0.3 is 0 Å². The molecule has 0 radical (unpaired) electrons. The van der Waals surface area contributed by atoms with Crippen molar-refractivity contribution in [2.45, 2.75) is 26.2 Å². The van der Waals surface area contributed by atoms with Crippen molar-refractivity contribution < 1.29 is 4.79 Å². The van der Waals surface area contributed by atoms with Crippen LogP contribution in [-0.4, -0.2) is 32.0 Å². The summed E-state index contributed by atoms with van der Waals surface area (Å²) in [6, 6.07) is 3.72. The molecule has 0 saturated carbocycles. The first-order chi connectivity index (χ1) is 10.6. The van der Waals surface area contributed by atoms with Gasteiger partial charge in [-0.25, -0.2) is 4.98 Å². The molecule has 0 aliphatic heterocycles. The first-order valence-electron chi connectivity index (χ1n) is 7.39. The normalized spacial score (nSPS) is 10.3. The van der Waals surface area contributed by atoms with E-state index in [1.807, 2.05) is 25.1 Å². The number of hydrogen-bond acceptors (Lipinski definition) is 4. The molecule has 0 aliphatic rings. The summed E-state index contributed by atoms with van der Waals surface area (Å²) in [5.74, 6) is 0.497. The van der Waals surface area contributed by atoms with Crippen LogP contribution in [0.3, 0.4) is 0 Å². The second-order valence-electron chi connectivity index (χ2n) is 4.79. The number of hydrogen-bond donors (Lipinski definition) is 2. The summed E-state index contributed by atoms with van der Waals surface area (Å²) in [7, 11) is 5.40. The molecule has 1 aromatic heterocycles. The van der Waals surface area contributed by atoms with E-state index >= 15 is 0 Å². The number of unbranched alkanes of at least 4 members (excludes halogenated alkanes) is 1. The number of rotatable bonds is 7. The minimum Gasteiger partial charge on any atom is -0.376 e. The van der Waals surface area contributed by atoms with Crippen molar-refractivity contribution in [3.63, 3.8) is 0 Å². The number of nitrogens with two attached hydrogens (primary N) is 1. The molecule has 0 bridgehead atoms. The van der Waals surface area contributed by atoms with E-state index in [4.69, 9.17) is 0 Å². The van der Waals surface area contributed by atoms with E-state index in [0.29, 0.717) is 12.2 Å². The van der Waals surface area contributed by atoms with Gasteiger partial charge in [0.2, 0.25) is 5.91 Å². The summed E-state index contributed by atoms with van der Waals surface area (Å²) in [6.07, 6.45) is 7.88. The van der Waals surface area contributed by atoms with Gasteiger partial charge in [0.05, 0.1) is 18.3 Å². The Morgan fingerprint density at radius 2 is 2.09 bits per heavy atom. The van der Waals surface area contributed by atoms with E-state index in [1.165, 1.54) is 7.05 Å². The highest BCUT2D eigenvalue weighted by Gasteiger charge is 2.05. The summed E-state index contributed by atoms with van der Waals surface area (Å²) in [5.41, 5.74) is 6.45. The highest BCUT2D eigenvalue weighted by molar-refractivity contribution is 5.91. The standard InChI is InChI=1S/C16H23N3O.CH5N/c1-5-7-8-13(6-2)11-16(20)18-15-10-9-14(12-17-15)19(3)4;1-2/h6,8-10,12H,2,5,7,11H2,1,3-4H3,(H,17,18,20);2H2,1H3/b13-8+;. The number of carbonyl (C=O) groups is 1. The molecular weight excluding hydrogens is 276 g/mol. The molecule has 0 spiro atoms. The fraction of sp³-hybridized carbons (Fsp3) is 0.412. The molecule has 22 heavy (non-hydrogen) atoms. The minimum atomic E-state index is -0.0719. The molecular formula is C17H28N4O. The largest absolute Gasteiger partial charge is 0.376 e. The van der Waals surface area contributed by atoms with Crippen LogP contribution in [0.5, 0.6) is 0 Å². The van der Waals surface area contributed by atoms with Gasteiger partial charge in [-0.05, 0) is 31.2 Å². The van der Waals surface area contributed by atoms with Crippen molar-refractivity contribution in [1.82, 2.24) is 4.98 Å². The molecule has 0 aromatic carbocycles. The lowest BCUT2D eigenvalue weighted by molar-refractivity contribution is -0.115. The van der Waals surface area contributed by atoms with Gasteiger partial charge in [0, 0.05) is 14.1 Å². The fourth-order valence-electron chi connectivity index (χ4n) is 1.65. The molecule has 122 valence electrons. The van der Waals surface area contributed by atoms with Crippen LogP contribution in [0.15, 0.2) is 42.6 Å². The molecule has 1 heterocycles. The predicted molar refractivity (Wildman–Crippen MR) is 95.1 cm³/mol. The summed E-state index contributed by atoms with van der Waals surface area (Å²) < 4.78 is 0. The van der Waals surface area contributed by atoms with Gasteiger partial charge in [0.15, 0.2) is 0 Å². The smallest absolute Gasteiger partial charge is 0.229 e. The topological polar surface area (TPSA) is 71.2 Å². The molecule has 5 heteroatoms. The molecule has 5 nitrogen and oxygen atoms in total. The van der Waals surface area contributed by atoms with Crippen LogP contribution in [0, 0.1) is 0 Å². The average molecular weight is 304 g/mol. The van der Waals surface area contributed by atoms with E-state index in [9.17, 15) is 4.79 Å². The lowest BCUT2D eigenvalue weighted by atomic mass is 10.1. The van der Waals surface area contributed by atoms with Gasteiger partial charge in [-0.15, -0.1) is 0 Å². The van der Waals surface area contributed by atoms with Gasteiger partial charge in [-0.3, -0.25) is 4.79 Å². The Balaban J connectivity index is 0.00000211. The van der Waals surface area contributed by atoms with Gasteiger partial charge in [-0.2, -0.15) is 0 Å². The number of nitrogens with one attached hydrogen (secondary N) is 1. The third-order valence-electron chi connectivity index (χ3n) is 2.85. The highest BCUT2D eigenvalue weighted by Crippen LogP contribution is 2.13. The molecule has 1 rings (SSSR count). The van der Waals surface area contributed by atoms with Crippen LogP contribution >= 0.6 is 0 Å². The first-order valence-corrected chi connectivity index (χ1v) is 7.39. The number of pyridine rings is 1. The van der Waals surface area contributed by atoms with Gasteiger partial charge in [0.25, 0.3) is 0 Å². The molecule has 1 aromatic rings. The van der Waals surface area contributed by atoms with Crippen LogP contribution in [-0.2, 0) is 4.79 Å². The van der Waals surface area contributed by atoms with Gasteiger partial charge < -0.3 is 16.0 Å². The van der Waals surface area contributed by atoms with E-state index in [1.54, 1.807) is 18.3 Å². The Kier molecular flexibility index (Phi) is 10.4. The maximum Gasteiger partial charge on any atom is 0.229 e. The summed E-state index contributed by atoms with van der Waals surface area (Å²) >= 11 is 0. The van der Waals surface area contributed by atoms with Gasteiger partial charge in [-0.1, -0.05) is 32.1 Å². The molecule has 1 amide bonds. The molecule has 3 N–H and O–H groups in total. The lowest BCUT2D eigenvalue weighted by Gasteiger charge is -2.12. The zero-order valence-corrected chi connectivity index (χ0v) is 14.1. The SMILES string of the molecule is C=C/C(=C\CCC)CC(=O)Nc1ccc(N(C)C)cn1.CN. The number of nitrogens with zero attached hydrogens (tertiary/aromatic N) is 2. The van der Waals surface area contributed by atoms with E-state index in [0.717, 1.165) is 24.1 Å². The minimum absolute atomic E-state index is 0.0719. The predicted octanol–water partition coefficient (Wildman–Crippen LogP) is 2.96. The van der Waals surface area contributed by atoms with Gasteiger partial charge in [0.1, 0.15) is 5.82 Å². The van der Waals surface area contributed by atoms with E-state index < -0.39 is 0 Å². The number of anilines is 2. The monoisotopic (exact) mass is 304 g/mol. The second kappa shape index (κ2) is 11.5. The van der Waals surface area contributed by atoms with Crippen molar-refractivity contribution in [3.8, 4) is 0 Å². The van der Waals surface area contributed by atoms with Crippen LogP contribution < -0.4 is 16.0 Å². The fourth-order valence-corrected chi connectivity index (χ4v) is 1.65. The van der Waals surface area contributed by atoms with Crippen LogP contribution in [0.2, 0.25) is 0 Å². The Labute approximate surface area is 133 Å². The Morgan fingerprint density at radius 3 is 2.55 bits per heavy atom. The van der Waals surface area contributed by atoms with Crippen molar-refractivity contribution in [3.05, 3.63) is 42.6 Å². The maximum atomic E-state index is 11.9. The Bertz CT molecular complexity index is 478. The average Bonchev–Trinajstić information content (AvgIpc) is 2.53. The van der Waals surface area contributed by atoms with E-state index in [2.05, 4.69) is 35.6 Å². The summed E-state index contributed by atoms with van der Waals surface area (Å²) in [6.45, 7) is 5.84. The molecule has 0 saturated heterocycles. The zero-order chi connectivity index (χ0) is 17.0. The molecule has 0 aliphatic carbocycles. The first kappa shape index (κ1) is 19.9. The third kappa shape index (κ3) is 7.59. The number of aromatic nitrogens is 1. The van der Waals surface area contributed by atoms with Crippen molar-refractivity contribution in [1.29, 1.82) is 0 Å². The van der Waals surface area contributed by atoms with Crippen LogP contribution in [0.25, 0.3) is 0 Å². The van der Waals surface area contributed by atoms with Crippen molar-refractivity contribution in [2.75, 3.05) is 31.4 Å². The van der Waals surface area contributed by atoms with Crippen LogP contribution in [0.4, 0.5) is 11.5 Å². The Morgan fingerprint density at radius 1 is 1.41 bits per heavy atom. The third-order valence-corrected chi connectivity index (χ3v) is 2.85. The Hall–Kier alpha value is -2.14. The number of amides is 1.